The lowest BCUT2D eigenvalue weighted by molar-refractivity contribution is -0.237. The first kappa shape index (κ1) is 17.9. The van der Waals surface area contributed by atoms with Gasteiger partial charge in [0.25, 0.3) is 5.56 Å². The number of rotatable bonds is 5. The Morgan fingerprint density at radius 2 is 1.90 bits per heavy atom. The second-order valence-corrected chi connectivity index (χ2v) is 7.03. The fraction of sp³-hybridized carbons (Fsp3) is 0.714. The first-order valence-electron chi connectivity index (χ1n) is 7.00. The van der Waals surface area contributed by atoms with Crippen LogP contribution in [-0.2, 0) is 15.9 Å². The third-order valence-electron chi connectivity index (χ3n) is 4.17. The summed E-state index contributed by atoms with van der Waals surface area (Å²) in [7, 11) is 0.530. The second kappa shape index (κ2) is 6.29. The smallest absolute Gasteiger partial charge is 0.330 e. The number of ether oxygens (including phenoxy) is 1. The number of nitrogens with one attached hydrogen (secondary N) is 1. The Morgan fingerprint density at radius 1 is 1.33 bits per heavy atom. The van der Waals surface area contributed by atoms with Crippen molar-refractivity contribution < 1.29 is 9.16 Å². The van der Waals surface area contributed by atoms with E-state index in [0.29, 0.717) is 16.0 Å². The molecular formula is C14H26N2O4Si. The third-order valence-corrected chi connectivity index (χ3v) is 4.98. The molecule has 1 aromatic rings. The number of aromatic amines is 1. The topological polar surface area (TPSA) is 73.3 Å². The minimum atomic E-state index is -0.770. The molecule has 0 aliphatic carbocycles. The van der Waals surface area contributed by atoms with E-state index in [1.54, 1.807) is 6.92 Å². The van der Waals surface area contributed by atoms with Gasteiger partial charge in [0.1, 0.15) is 17.2 Å². The number of aromatic nitrogens is 2. The van der Waals surface area contributed by atoms with E-state index in [4.69, 9.17) is 9.16 Å². The number of hydrogen-bond donors (Lipinski definition) is 1. The summed E-state index contributed by atoms with van der Waals surface area (Å²) < 4.78 is 12.9. The van der Waals surface area contributed by atoms with Gasteiger partial charge in [-0.25, -0.2) is 4.79 Å². The van der Waals surface area contributed by atoms with Crippen molar-refractivity contribution >= 4 is 10.5 Å². The normalized spacial score (nSPS) is 16.7. The third kappa shape index (κ3) is 4.15. The molecule has 0 radical (unpaired) electrons. The van der Waals surface area contributed by atoms with Crippen LogP contribution in [0.1, 0.15) is 40.2 Å². The molecule has 0 aromatic carbocycles. The fourth-order valence-electron chi connectivity index (χ4n) is 2.06. The molecule has 0 aliphatic rings. The Kier molecular flexibility index (Phi) is 5.35. The SMILES string of the molecule is Cc1cn(COC(C)(O[SiH3])C(C)C(C)(C)C)c(=O)[nH]c1=O. The van der Waals surface area contributed by atoms with Crippen LogP contribution in [0, 0.1) is 18.3 Å². The molecule has 2 unspecified atom stereocenters. The Hall–Kier alpha value is -1.18. The van der Waals surface area contributed by atoms with E-state index in [9.17, 15) is 9.59 Å². The molecule has 1 heterocycles. The molecular weight excluding hydrogens is 288 g/mol. The molecule has 0 amide bonds. The van der Waals surface area contributed by atoms with Gasteiger partial charge in [-0.3, -0.25) is 14.3 Å². The van der Waals surface area contributed by atoms with E-state index in [0.717, 1.165) is 0 Å². The van der Waals surface area contributed by atoms with Gasteiger partial charge in [0.05, 0.1) is 0 Å². The van der Waals surface area contributed by atoms with Crippen LogP contribution in [0.4, 0.5) is 0 Å². The van der Waals surface area contributed by atoms with E-state index in [-0.39, 0.29) is 23.6 Å². The van der Waals surface area contributed by atoms with E-state index in [2.05, 4.69) is 32.7 Å². The lowest BCUT2D eigenvalue weighted by Crippen LogP contribution is -2.46. The van der Waals surface area contributed by atoms with Crippen LogP contribution in [0.5, 0.6) is 0 Å². The van der Waals surface area contributed by atoms with E-state index < -0.39 is 11.5 Å². The molecule has 1 N–H and O–H groups in total. The Labute approximate surface area is 128 Å². The minimum Gasteiger partial charge on any atom is -0.401 e. The van der Waals surface area contributed by atoms with Crippen LogP contribution in [-0.4, -0.2) is 25.8 Å². The van der Waals surface area contributed by atoms with Gasteiger partial charge in [0, 0.05) is 17.7 Å². The van der Waals surface area contributed by atoms with Crippen LogP contribution >= 0.6 is 0 Å². The molecule has 0 fully saturated rings. The van der Waals surface area contributed by atoms with Crippen molar-refractivity contribution in [1.82, 2.24) is 9.55 Å². The standard InChI is InChI=1S/C14H26N2O4Si/c1-9-7-16(12(18)15-11(9)17)8-19-14(6,20-21)10(2)13(3,4)5/h7,10H,8H2,1-6,21H3,(H,15,17,18). The van der Waals surface area contributed by atoms with Crippen molar-refractivity contribution in [3.8, 4) is 0 Å². The molecule has 2 atom stereocenters. The predicted octanol–water partition coefficient (Wildman–Crippen LogP) is 0.515. The number of nitrogens with zero attached hydrogens (tertiary/aromatic N) is 1. The van der Waals surface area contributed by atoms with Gasteiger partial charge in [-0.2, -0.15) is 0 Å². The summed E-state index contributed by atoms with van der Waals surface area (Å²) in [6.45, 7) is 12.0. The molecule has 0 bridgehead atoms. The Morgan fingerprint density at radius 3 is 2.38 bits per heavy atom. The molecule has 1 aromatic heterocycles. The van der Waals surface area contributed by atoms with Crippen molar-refractivity contribution in [3.05, 3.63) is 32.6 Å². The summed E-state index contributed by atoms with van der Waals surface area (Å²) in [5, 5.41) is 0. The zero-order valence-electron chi connectivity index (χ0n) is 13.9. The van der Waals surface area contributed by atoms with Crippen LogP contribution in [0.25, 0.3) is 0 Å². The lowest BCUT2D eigenvalue weighted by atomic mass is 9.77. The maximum Gasteiger partial charge on any atom is 0.330 e. The van der Waals surface area contributed by atoms with Crippen molar-refractivity contribution in [2.75, 3.05) is 0 Å². The molecule has 21 heavy (non-hydrogen) atoms. The van der Waals surface area contributed by atoms with E-state index >= 15 is 0 Å². The van der Waals surface area contributed by atoms with Gasteiger partial charge >= 0.3 is 5.69 Å². The molecule has 0 saturated heterocycles. The highest BCUT2D eigenvalue weighted by atomic mass is 28.2. The van der Waals surface area contributed by atoms with Gasteiger partial charge < -0.3 is 9.16 Å². The average Bonchev–Trinajstić information content (AvgIpc) is 2.39. The van der Waals surface area contributed by atoms with Crippen LogP contribution in [0.15, 0.2) is 15.8 Å². The summed E-state index contributed by atoms with van der Waals surface area (Å²) in [6, 6.07) is 0. The molecule has 0 saturated carbocycles. The van der Waals surface area contributed by atoms with E-state index in [1.165, 1.54) is 10.8 Å². The Bertz CT molecular complexity index is 602. The highest BCUT2D eigenvalue weighted by Crippen LogP contribution is 2.36. The monoisotopic (exact) mass is 314 g/mol. The second-order valence-electron chi connectivity index (χ2n) is 6.62. The number of H-pyrrole nitrogens is 1. The molecule has 0 aliphatic heterocycles. The zero-order valence-corrected chi connectivity index (χ0v) is 15.9. The Balaban J connectivity index is 2.97. The molecule has 6 nitrogen and oxygen atoms in total. The summed E-state index contributed by atoms with van der Waals surface area (Å²) in [4.78, 5) is 25.4. The molecule has 120 valence electrons. The fourth-order valence-corrected chi connectivity index (χ4v) is 2.53. The van der Waals surface area contributed by atoms with Gasteiger partial charge in [-0.05, 0) is 19.3 Å². The maximum absolute atomic E-state index is 11.8. The van der Waals surface area contributed by atoms with Gasteiger partial charge in [0.15, 0.2) is 5.79 Å². The minimum absolute atomic E-state index is 0.00500. The first-order valence-corrected chi connectivity index (χ1v) is 7.82. The maximum atomic E-state index is 11.8. The van der Waals surface area contributed by atoms with Crippen LogP contribution < -0.4 is 11.2 Å². The molecule has 0 spiro atoms. The average molecular weight is 314 g/mol. The van der Waals surface area contributed by atoms with Crippen LogP contribution in [0.3, 0.4) is 0 Å². The quantitative estimate of drug-likeness (QED) is 0.635. The summed E-state index contributed by atoms with van der Waals surface area (Å²) in [6.07, 6.45) is 1.50. The summed E-state index contributed by atoms with van der Waals surface area (Å²) >= 11 is 0. The summed E-state index contributed by atoms with van der Waals surface area (Å²) in [5.41, 5.74) is -0.383. The van der Waals surface area contributed by atoms with Gasteiger partial charge in [-0.15, -0.1) is 0 Å². The van der Waals surface area contributed by atoms with Crippen molar-refractivity contribution in [2.45, 2.75) is 54.1 Å². The van der Waals surface area contributed by atoms with Crippen molar-refractivity contribution in [1.29, 1.82) is 0 Å². The van der Waals surface area contributed by atoms with Gasteiger partial charge in [-0.1, -0.05) is 27.7 Å². The predicted molar refractivity (Wildman–Crippen MR) is 85.2 cm³/mol. The molecule has 7 heteroatoms. The largest absolute Gasteiger partial charge is 0.401 e. The zero-order chi connectivity index (χ0) is 16.4. The highest BCUT2D eigenvalue weighted by Gasteiger charge is 2.39. The summed E-state index contributed by atoms with van der Waals surface area (Å²) in [5.74, 6) is -0.643. The molecule has 1 rings (SSSR count). The van der Waals surface area contributed by atoms with Crippen LogP contribution in [0.2, 0.25) is 0 Å². The highest BCUT2D eigenvalue weighted by molar-refractivity contribution is 5.98. The number of hydrogen-bond acceptors (Lipinski definition) is 4. The lowest BCUT2D eigenvalue weighted by Gasteiger charge is -2.42. The van der Waals surface area contributed by atoms with Gasteiger partial charge in [0.2, 0.25) is 0 Å². The number of aryl methyl sites for hydroxylation is 1. The van der Waals surface area contributed by atoms with Crippen molar-refractivity contribution in [2.24, 2.45) is 11.3 Å². The first-order chi connectivity index (χ1) is 9.51. The van der Waals surface area contributed by atoms with E-state index in [1.807, 2.05) is 6.92 Å². The van der Waals surface area contributed by atoms with Crippen molar-refractivity contribution in [3.63, 3.8) is 0 Å².